The van der Waals surface area contributed by atoms with Gasteiger partial charge < -0.3 is 15.1 Å². The molecule has 2 atom stereocenters. The second-order valence-electron chi connectivity index (χ2n) is 4.99. The van der Waals surface area contributed by atoms with Crippen LogP contribution < -0.4 is 0 Å². The Balaban J connectivity index is 3.28. The van der Waals surface area contributed by atoms with E-state index in [2.05, 4.69) is 0 Å². The molecule has 0 bridgehead atoms. The van der Waals surface area contributed by atoms with Gasteiger partial charge in [-0.2, -0.15) is 0 Å². The number of carboxylic acid groups (broad SMARTS) is 2. The van der Waals surface area contributed by atoms with Crippen molar-refractivity contribution in [1.29, 1.82) is 0 Å². The van der Waals surface area contributed by atoms with Crippen LogP contribution >= 0.6 is 0 Å². The van der Waals surface area contributed by atoms with E-state index in [1.54, 1.807) is 19.0 Å². The van der Waals surface area contributed by atoms with Gasteiger partial charge in [0.05, 0.1) is 11.3 Å². The number of rotatable bonds is 5. The first-order valence-corrected chi connectivity index (χ1v) is 5.94. The molecule has 2 unspecified atom stereocenters. The van der Waals surface area contributed by atoms with Crippen LogP contribution in [-0.4, -0.2) is 46.9 Å². The molecule has 0 aromatic rings. The summed E-state index contributed by atoms with van der Waals surface area (Å²) in [4.78, 5) is 36.5. The predicted molar refractivity (Wildman–Crippen MR) is 71.9 cm³/mol. The lowest BCUT2D eigenvalue weighted by Crippen LogP contribution is -2.42. The Bertz CT molecular complexity index is 530. The molecule has 0 heterocycles. The molecule has 0 aromatic heterocycles. The van der Waals surface area contributed by atoms with Gasteiger partial charge in [-0.1, -0.05) is 18.2 Å². The Morgan fingerprint density at radius 3 is 2.35 bits per heavy atom. The van der Waals surface area contributed by atoms with Gasteiger partial charge in [0, 0.05) is 25.9 Å². The standard InChI is InChI=1S/C14H17NO5/c1-14(13(19)20)7-4-5-9(12(17)18)11(14)10(16)6-8-15(2)3/h4-8,11H,1-3H3,(H,17,18)(H,19,20)/b8-6+. The molecule has 20 heavy (non-hydrogen) atoms. The summed E-state index contributed by atoms with van der Waals surface area (Å²) in [6.07, 6.45) is 6.62. The van der Waals surface area contributed by atoms with Gasteiger partial charge in [-0.15, -0.1) is 0 Å². The number of hydrogen-bond acceptors (Lipinski definition) is 4. The Hall–Kier alpha value is -2.37. The van der Waals surface area contributed by atoms with Gasteiger partial charge in [0.15, 0.2) is 5.78 Å². The third-order valence-electron chi connectivity index (χ3n) is 3.16. The largest absolute Gasteiger partial charge is 0.481 e. The van der Waals surface area contributed by atoms with Gasteiger partial charge in [0.1, 0.15) is 0 Å². The summed E-state index contributed by atoms with van der Waals surface area (Å²) >= 11 is 0. The van der Waals surface area contributed by atoms with E-state index in [0.717, 1.165) is 0 Å². The minimum atomic E-state index is -1.57. The molecule has 0 spiro atoms. The zero-order valence-electron chi connectivity index (χ0n) is 11.5. The maximum atomic E-state index is 12.2. The van der Waals surface area contributed by atoms with Crippen LogP contribution in [-0.2, 0) is 14.4 Å². The molecule has 108 valence electrons. The summed E-state index contributed by atoms with van der Waals surface area (Å²) in [7, 11) is 3.41. The van der Waals surface area contributed by atoms with Crippen molar-refractivity contribution in [2.75, 3.05) is 14.1 Å². The first-order valence-electron chi connectivity index (χ1n) is 5.94. The highest BCUT2D eigenvalue weighted by Crippen LogP contribution is 2.39. The first-order chi connectivity index (χ1) is 9.20. The third kappa shape index (κ3) is 2.96. The second kappa shape index (κ2) is 5.73. The molecule has 1 aliphatic rings. The average Bonchev–Trinajstić information content (AvgIpc) is 2.35. The van der Waals surface area contributed by atoms with Crippen LogP contribution in [0, 0.1) is 11.3 Å². The monoisotopic (exact) mass is 279 g/mol. The molecule has 0 saturated heterocycles. The topological polar surface area (TPSA) is 94.9 Å². The highest BCUT2D eigenvalue weighted by atomic mass is 16.4. The quantitative estimate of drug-likeness (QED) is 0.727. The molecule has 1 aliphatic carbocycles. The first kappa shape index (κ1) is 15.7. The number of carbonyl (C=O) groups excluding carboxylic acids is 1. The third-order valence-corrected chi connectivity index (χ3v) is 3.16. The van der Waals surface area contributed by atoms with E-state index in [1.165, 1.54) is 37.4 Å². The van der Waals surface area contributed by atoms with E-state index in [1.807, 2.05) is 0 Å². The number of carboxylic acids is 2. The molecular formula is C14H17NO5. The van der Waals surface area contributed by atoms with E-state index >= 15 is 0 Å². The Morgan fingerprint density at radius 2 is 1.90 bits per heavy atom. The molecule has 0 aliphatic heterocycles. The second-order valence-corrected chi connectivity index (χ2v) is 4.99. The fourth-order valence-corrected chi connectivity index (χ4v) is 2.02. The van der Waals surface area contributed by atoms with E-state index in [9.17, 15) is 19.5 Å². The van der Waals surface area contributed by atoms with Crippen molar-refractivity contribution >= 4 is 17.7 Å². The van der Waals surface area contributed by atoms with E-state index in [0.29, 0.717) is 0 Å². The fraction of sp³-hybridized carbons (Fsp3) is 0.357. The SMILES string of the molecule is CN(C)/C=C/C(=O)C1C(C(=O)O)=CC=CC1(C)C(=O)O. The number of carbonyl (C=O) groups is 3. The number of ketones is 1. The fourth-order valence-electron chi connectivity index (χ4n) is 2.02. The van der Waals surface area contributed by atoms with Crippen molar-refractivity contribution in [3.05, 3.63) is 36.1 Å². The van der Waals surface area contributed by atoms with Crippen LogP contribution in [0.15, 0.2) is 36.1 Å². The lowest BCUT2D eigenvalue weighted by molar-refractivity contribution is -0.150. The van der Waals surface area contributed by atoms with Crippen molar-refractivity contribution in [1.82, 2.24) is 4.90 Å². The number of nitrogens with zero attached hydrogens (tertiary/aromatic N) is 1. The van der Waals surface area contributed by atoms with Crippen molar-refractivity contribution < 1.29 is 24.6 Å². The molecule has 1 rings (SSSR count). The molecule has 2 N–H and O–H groups in total. The zero-order valence-corrected chi connectivity index (χ0v) is 11.5. The average molecular weight is 279 g/mol. The summed E-state index contributed by atoms with van der Waals surface area (Å²) < 4.78 is 0. The van der Waals surface area contributed by atoms with Gasteiger partial charge in [-0.3, -0.25) is 9.59 Å². The lowest BCUT2D eigenvalue weighted by atomic mass is 9.68. The van der Waals surface area contributed by atoms with Gasteiger partial charge in [0.2, 0.25) is 0 Å². The van der Waals surface area contributed by atoms with Gasteiger partial charge in [0.25, 0.3) is 0 Å². The molecular weight excluding hydrogens is 262 g/mol. The van der Waals surface area contributed by atoms with Gasteiger partial charge >= 0.3 is 11.9 Å². The summed E-state index contributed by atoms with van der Waals surface area (Å²) in [5, 5.41) is 18.5. The highest BCUT2D eigenvalue weighted by molar-refractivity contribution is 6.05. The number of hydrogen-bond donors (Lipinski definition) is 2. The molecule has 0 radical (unpaired) electrons. The van der Waals surface area contributed by atoms with E-state index < -0.39 is 29.1 Å². The molecule has 0 saturated carbocycles. The predicted octanol–water partition coefficient (Wildman–Crippen LogP) is 0.919. The smallest absolute Gasteiger partial charge is 0.332 e. The maximum Gasteiger partial charge on any atom is 0.332 e. The normalized spacial score (nSPS) is 25.4. The van der Waals surface area contributed by atoms with Crippen LogP contribution in [0.2, 0.25) is 0 Å². The van der Waals surface area contributed by atoms with Crippen LogP contribution in [0.5, 0.6) is 0 Å². The number of allylic oxidation sites excluding steroid dienone is 3. The maximum absolute atomic E-state index is 12.2. The summed E-state index contributed by atoms with van der Waals surface area (Å²) in [6, 6.07) is 0. The van der Waals surface area contributed by atoms with Crippen LogP contribution in [0.3, 0.4) is 0 Å². The van der Waals surface area contributed by atoms with Crippen LogP contribution in [0.1, 0.15) is 6.92 Å². The van der Waals surface area contributed by atoms with E-state index in [-0.39, 0.29) is 5.57 Å². The van der Waals surface area contributed by atoms with Crippen molar-refractivity contribution in [2.24, 2.45) is 11.3 Å². The summed E-state index contributed by atoms with van der Waals surface area (Å²) in [6.45, 7) is 1.34. The molecule has 6 nitrogen and oxygen atoms in total. The Morgan fingerprint density at radius 1 is 1.30 bits per heavy atom. The lowest BCUT2D eigenvalue weighted by Gasteiger charge is -2.32. The van der Waals surface area contributed by atoms with Crippen molar-refractivity contribution in [3.8, 4) is 0 Å². The van der Waals surface area contributed by atoms with Crippen molar-refractivity contribution in [2.45, 2.75) is 6.92 Å². The van der Waals surface area contributed by atoms with Crippen LogP contribution in [0.25, 0.3) is 0 Å². The minimum absolute atomic E-state index is 0.217. The van der Waals surface area contributed by atoms with Gasteiger partial charge in [-0.25, -0.2) is 4.79 Å². The Kier molecular flexibility index (Phi) is 4.49. The van der Waals surface area contributed by atoms with Gasteiger partial charge in [-0.05, 0) is 13.0 Å². The molecule has 6 heteroatoms. The summed E-state index contributed by atoms with van der Waals surface area (Å²) in [5.41, 5.74) is -1.79. The van der Waals surface area contributed by atoms with Crippen molar-refractivity contribution in [3.63, 3.8) is 0 Å². The highest BCUT2D eigenvalue weighted by Gasteiger charge is 2.47. The minimum Gasteiger partial charge on any atom is -0.481 e. The summed E-state index contributed by atoms with van der Waals surface area (Å²) in [5.74, 6) is -4.34. The molecule has 0 amide bonds. The molecule has 0 fully saturated rings. The zero-order chi connectivity index (χ0) is 15.5. The molecule has 0 aromatic carbocycles. The van der Waals surface area contributed by atoms with Crippen LogP contribution in [0.4, 0.5) is 0 Å². The van der Waals surface area contributed by atoms with E-state index in [4.69, 9.17) is 5.11 Å². The number of aliphatic carboxylic acids is 2. The Labute approximate surface area is 116 Å².